The fraction of sp³-hybridized carbons (Fsp3) is 0. The summed E-state index contributed by atoms with van der Waals surface area (Å²) in [6.07, 6.45) is 0. The van der Waals surface area contributed by atoms with E-state index < -0.39 is 8.17 Å². The molecule has 0 aromatic heterocycles. The SMILES string of the molecule is O.O.O.O.O.O.O.O.O.O.O.O.O.O.O.O.O.O.O.O.O.O.O.O.O.O.O.O.O.O.O.O.O.O.O.O.[OH2+][PH]([OH2+])([OH2+])[OH2+].[W].[W].[W].[W].[W].[W].[W].[W].[W].[W].[W].[W]. The first-order chi connectivity index (χ1) is 2.00. The summed E-state index contributed by atoms with van der Waals surface area (Å²) in [5.41, 5.74) is 0. The fourth-order valence-corrected chi connectivity index (χ4v) is 0. The summed E-state index contributed by atoms with van der Waals surface area (Å²) < 4.78 is 0. The molecule has 53 heavy (non-hydrogen) atoms. The Bertz CT molecular complexity index is 63.2. The molecule has 80 N–H and O–H groups in total. The van der Waals surface area contributed by atoms with Crippen molar-refractivity contribution >= 4 is 8.17 Å². The maximum atomic E-state index is 6.08. The van der Waals surface area contributed by atoms with Crippen molar-refractivity contribution in [3.05, 3.63) is 0 Å². The molecule has 40 nitrogen and oxygen atoms in total. The van der Waals surface area contributed by atoms with Gasteiger partial charge in [-0.3, -0.25) is 0 Å². The van der Waals surface area contributed by atoms with Crippen molar-refractivity contribution in [1.29, 1.82) is 0 Å². The van der Waals surface area contributed by atoms with Crippen molar-refractivity contribution in [3.8, 4) is 0 Å². The van der Waals surface area contributed by atoms with E-state index in [1.807, 2.05) is 0 Å². The average molecular weight is 2960 g/mol. The van der Waals surface area contributed by atoms with Crippen molar-refractivity contribution in [2.45, 2.75) is 0 Å². The Labute approximate surface area is 471 Å². The second-order valence-corrected chi connectivity index (χ2v) is 2.25. The summed E-state index contributed by atoms with van der Waals surface area (Å²) in [6.45, 7) is 0. The second kappa shape index (κ2) is 1160. The van der Waals surface area contributed by atoms with Crippen LogP contribution in [-0.2, 0) is 253 Å². The first-order valence-corrected chi connectivity index (χ1v) is 3.00. The number of hydrogen-bond acceptors (Lipinski definition) is 0. The minimum absolute atomic E-state index is 0. The Morgan fingerprint density at radius 2 is 0.113 bits per heavy atom. The van der Waals surface area contributed by atoms with Gasteiger partial charge in [0.1, 0.15) is 0 Å². The first-order valence-electron chi connectivity index (χ1n) is 1.00. The van der Waals surface area contributed by atoms with Crippen molar-refractivity contribution in [2.24, 2.45) is 0 Å². The molecular weight excluding hydrogens is 2880 g/mol. The number of rotatable bonds is 0. The molecule has 0 rings (SSSR count). The van der Waals surface area contributed by atoms with Gasteiger partial charge in [-0.05, 0) is 0 Å². The molecule has 0 atom stereocenters. The second-order valence-electron chi connectivity index (χ2n) is 0.750. The standard InChI is InChI=1S/H5O4P.36H2O.12W/c1-5(2,3)4;;;;;;;;;;;;;;;;;;;;;;;;;;;;;;;;;;;;;;;;;;;;;;;;/h1-5H;36*1H2;;;;;;;;;;;;/p+4. The first kappa shape index (κ1) is 1710. The fourth-order valence-electron chi connectivity index (χ4n) is 0. The topological polar surface area (TPSA) is 1230 Å². The summed E-state index contributed by atoms with van der Waals surface area (Å²) >= 11 is 0. The molecule has 53 heteroatoms. The van der Waals surface area contributed by atoms with Gasteiger partial charge in [-0.2, -0.15) is 0 Å². The van der Waals surface area contributed by atoms with Gasteiger partial charge in [-0.25, -0.2) is 0 Å². The molecular formula is H81O40PW12+4. The van der Waals surface area contributed by atoms with E-state index >= 15 is 0 Å². The Balaban J connectivity index is -0.0000000000709. The van der Waals surface area contributed by atoms with Crippen LogP contribution in [0.2, 0.25) is 0 Å². The zero-order valence-corrected chi connectivity index (χ0v) is 61.6. The Hall–Kier alpha value is 7.09. The largest absolute Gasteiger partial charge is 0 e. The van der Waals surface area contributed by atoms with Gasteiger partial charge in [-0.1, -0.05) is 0 Å². The predicted octanol–water partition coefficient (Wildman–Crippen LogP) is -32.4. The van der Waals surface area contributed by atoms with Crippen LogP contribution in [0.3, 0.4) is 0 Å². The van der Waals surface area contributed by atoms with Crippen LogP contribution < -0.4 is 0 Å². The van der Waals surface area contributed by atoms with Gasteiger partial charge >= 0.3 is 27.7 Å². The summed E-state index contributed by atoms with van der Waals surface area (Å²) in [5.74, 6) is 0. The van der Waals surface area contributed by atoms with E-state index in [9.17, 15) is 0 Å². The van der Waals surface area contributed by atoms with Gasteiger partial charge in [0, 0.05) is 253 Å². The van der Waals surface area contributed by atoms with Crippen LogP contribution >= 0.6 is 8.17 Å². The van der Waals surface area contributed by atoms with Crippen molar-refractivity contribution in [3.63, 3.8) is 0 Å². The van der Waals surface area contributed by atoms with Gasteiger partial charge in [0.05, 0.1) is 0 Å². The Morgan fingerprint density at radius 1 is 0.113 bits per heavy atom. The van der Waals surface area contributed by atoms with Gasteiger partial charge in [-0.15, -0.1) is 0 Å². The maximum Gasteiger partial charge on any atom is 0 e. The zero-order chi connectivity index (χ0) is 4.50. The van der Waals surface area contributed by atoms with Crippen molar-refractivity contribution in [2.75, 3.05) is 0 Å². The van der Waals surface area contributed by atoms with Crippen LogP contribution in [0, 0.1) is 0 Å². The predicted molar refractivity (Wildman–Crippen MR) is 153 cm³/mol. The van der Waals surface area contributed by atoms with E-state index in [1.54, 1.807) is 0 Å². The van der Waals surface area contributed by atoms with Crippen LogP contribution in [0.4, 0.5) is 0 Å². The van der Waals surface area contributed by atoms with E-state index in [0.29, 0.717) is 0 Å². The Morgan fingerprint density at radius 3 is 0.113 bits per heavy atom. The van der Waals surface area contributed by atoms with Crippen LogP contribution in [0.5, 0.6) is 0 Å². The molecule has 394 valence electrons. The zero-order valence-electron chi connectivity index (χ0n) is 25.4. The third-order valence-corrected chi connectivity index (χ3v) is 0. The molecule has 0 radical (unpaired) electrons. The number of hydrogen-bond donors (Lipinski definition) is 0. The minimum Gasteiger partial charge on any atom is 0 e. The molecule has 0 aliphatic rings. The molecule has 0 spiro atoms. The molecule has 0 amide bonds. The van der Waals surface area contributed by atoms with E-state index in [1.165, 1.54) is 0 Å². The minimum atomic E-state index is -3.61. The smallest absolute Gasteiger partial charge is 0 e. The molecule has 0 aliphatic heterocycles. The molecule has 0 bridgehead atoms. The summed E-state index contributed by atoms with van der Waals surface area (Å²) in [6, 6.07) is 0. The molecule has 0 unspecified atom stereocenters. The van der Waals surface area contributed by atoms with Crippen LogP contribution in [-0.4, -0.2) is 217 Å². The van der Waals surface area contributed by atoms with E-state index in [0.717, 1.165) is 0 Å². The van der Waals surface area contributed by atoms with E-state index in [2.05, 4.69) is 0 Å². The van der Waals surface area contributed by atoms with Crippen molar-refractivity contribution < 1.29 is 469 Å². The summed E-state index contributed by atoms with van der Waals surface area (Å²) in [5, 5.41) is 0. The van der Waals surface area contributed by atoms with Gasteiger partial charge in [0.25, 0.3) is 0 Å². The molecule has 0 heterocycles. The molecule has 0 aliphatic carbocycles. The summed E-state index contributed by atoms with van der Waals surface area (Å²) in [7, 11) is -3.61. The third kappa shape index (κ3) is 3830. The average Bonchev–Trinajstić information content (AvgIpc) is 0.722. The van der Waals surface area contributed by atoms with Gasteiger partial charge in [0.15, 0.2) is 0 Å². The molecule has 0 aromatic rings. The van der Waals surface area contributed by atoms with Crippen LogP contribution in [0.1, 0.15) is 0 Å². The third-order valence-electron chi connectivity index (χ3n) is 0. The molecule has 0 aromatic carbocycles. The normalized spacial score (nSPS) is 1.43. The Kier molecular flexibility index (Phi) is 37500. The van der Waals surface area contributed by atoms with Crippen LogP contribution in [0.25, 0.3) is 0 Å². The van der Waals surface area contributed by atoms with E-state index in [4.69, 9.17) is 19.6 Å². The molecule has 0 saturated carbocycles. The quantitative estimate of drug-likeness (QED) is 0.161. The maximum absolute atomic E-state index is 6.08. The van der Waals surface area contributed by atoms with E-state index in [-0.39, 0.29) is 450 Å². The summed E-state index contributed by atoms with van der Waals surface area (Å²) in [4.78, 5) is 24.3. The van der Waals surface area contributed by atoms with Crippen LogP contribution in [0.15, 0.2) is 0 Å². The molecule has 0 fully saturated rings. The van der Waals surface area contributed by atoms with Gasteiger partial charge in [0.2, 0.25) is 0 Å². The van der Waals surface area contributed by atoms with Gasteiger partial charge < -0.3 is 197 Å². The monoisotopic (exact) mass is 2960 g/mol. The molecule has 0 saturated heterocycles. The van der Waals surface area contributed by atoms with Crippen molar-refractivity contribution in [1.82, 2.24) is 0 Å².